The Bertz CT molecular complexity index is 638. The standard InChI is InChI=1S/C18H22N2O2/c1-4-15-8-10-16(11-9-15)13-19(3)14(2)17-6-5-7-18(12-17)20(21)22/h5-12,14H,4,13H2,1-3H3. The number of non-ortho nitro benzene ring substituents is 1. The second-order valence-corrected chi connectivity index (χ2v) is 5.61. The molecular formula is C18H22N2O2. The van der Waals surface area contributed by atoms with Gasteiger partial charge in [-0.05, 0) is 37.1 Å². The van der Waals surface area contributed by atoms with E-state index in [4.69, 9.17) is 0 Å². The second-order valence-electron chi connectivity index (χ2n) is 5.61. The lowest BCUT2D eigenvalue weighted by Crippen LogP contribution is -2.22. The van der Waals surface area contributed by atoms with Crippen molar-refractivity contribution >= 4 is 5.69 Å². The molecule has 0 amide bonds. The number of aryl methyl sites for hydroxylation is 1. The van der Waals surface area contributed by atoms with E-state index in [2.05, 4.69) is 43.0 Å². The van der Waals surface area contributed by atoms with Crippen LogP contribution in [0.5, 0.6) is 0 Å². The van der Waals surface area contributed by atoms with Crippen LogP contribution in [0.3, 0.4) is 0 Å². The highest BCUT2D eigenvalue weighted by Gasteiger charge is 2.15. The normalized spacial score (nSPS) is 12.4. The number of hydrogen-bond donors (Lipinski definition) is 0. The molecule has 2 aromatic carbocycles. The van der Waals surface area contributed by atoms with E-state index in [0.717, 1.165) is 18.5 Å². The molecule has 1 atom stereocenters. The van der Waals surface area contributed by atoms with Crippen molar-refractivity contribution in [1.29, 1.82) is 0 Å². The Morgan fingerprint density at radius 1 is 1.14 bits per heavy atom. The molecule has 0 N–H and O–H groups in total. The molecule has 0 radical (unpaired) electrons. The lowest BCUT2D eigenvalue weighted by atomic mass is 10.0. The van der Waals surface area contributed by atoms with Crippen molar-refractivity contribution in [2.45, 2.75) is 32.9 Å². The van der Waals surface area contributed by atoms with Crippen LogP contribution >= 0.6 is 0 Å². The summed E-state index contributed by atoms with van der Waals surface area (Å²) in [7, 11) is 2.04. The van der Waals surface area contributed by atoms with Gasteiger partial charge in [0.1, 0.15) is 0 Å². The van der Waals surface area contributed by atoms with Gasteiger partial charge in [-0.2, -0.15) is 0 Å². The van der Waals surface area contributed by atoms with E-state index in [-0.39, 0.29) is 16.7 Å². The van der Waals surface area contributed by atoms with Gasteiger partial charge in [-0.3, -0.25) is 15.0 Å². The summed E-state index contributed by atoms with van der Waals surface area (Å²) in [6.07, 6.45) is 1.04. The van der Waals surface area contributed by atoms with Gasteiger partial charge >= 0.3 is 0 Å². The third-order valence-corrected chi connectivity index (χ3v) is 4.09. The van der Waals surface area contributed by atoms with Gasteiger partial charge in [0.2, 0.25) is 0 Å². The first-order chi connectivity index (χ1) is 10.5. The molecule has 22 heavy (non-hydrogen) atoms. The van der Waals surface area contributed by atoms with Gasteiger partial charge < -0.3 is 0 Å². The van der Waals surface area contributed by atoms with E-state index < -0.39 is 0 Å². The highest BCUT2D eigenvalue weighted by atomic mass is 16.6. The van der Waals surface area contributed by atoms with E-state index in [1.54, 1.807) is 12.1 Å². The Balaban J connectivity index is 2.09. The van der Waals surface area contributed by atoms with Crippen LogP contribution < -0.4 is 0 Å². The first kappa shape index (κ1) is 16.2. The summed E-state index contributed by atoms with van der Waals surface area (Å²) in [6, 6.07) is 15.6. The van der Waals surface area contributed by atoms with Crippen LogP contribution in [0.4, 0.5) is 5.69 Å². The third-order valence-electron chi connectivity index (χ3n) is 4.09. The summed E-state index contributed by atoms with van der Waals surface area (Å²) >= 11 is 0. The van der Waals surface area contributed by atoms with Crippen molar-refractivity contribution in [3.63, 3.8) is 0 Å². The van der Waals surface area contributed by atoms with Crippen LogP contribution in [0.1, 0.15) is 36.6 Å². The number of hydrogen-bond acceptors (Lipinski definition) is 3. The van der Waals surface area contributed by atoms with Crippen LogP contribution in [-0.4, -0.2) is 16.9 Å². The molecule has 0 aromatic heterocycles. The lowest BCUT2D eigenvalue weighted by molar-refractivity contribution is -0.384. The fraction of sp³-hybridized carbons (Fsp3) is 0.333. The first-order valence-corrected chi connectivity index (χ1v) is 7.53. The van der Waals surface area contributed by atoms with E-state index in [9.17, 15) is 10.1 Å². The Labute approximate surface area is 131 Å². The molecule has 4 nitrogen and oxygen atoms in total. The SMILES string of the molecule is CCc1ccc(CN(C)C(C)c2cccc([N+](=O)[O-])c2)cc1. The monoisotopic (exact) mass is 298 g/mol. The summed E-state index contributed by atoms with van der Waals surface area (Å²) < 4.78 is 0. The summed E-state index contributed by atoms with van der Waals surface area (Å²) in [5.41, 5.74) is 3.68. The number of rotatable bonds is 6. The molecule has 1 unspecified atom stereocenters. The van der Waals surface area contributed by atoms with Gasteiger partial charge in [-0.1, -0.05) is 43.3 Å². The minimum atomic E-state index is -0.348. The molecule has 2 aromatic rings. The van der Waals surface area contributed by atoms with E-state index in [1.165, 1.54) is 17.2 Å². The molecule has 0 bridgehead atoms. The smallest absolute Gasteiger partial charge is 0.269 e. The Hall–Kier alpha value is -2.20. The average molecular weight is 298 g/mol. The van der Waals surface area contributed by atoms with Crippen molar-refractivity contribution in [3.05, 3.63) is 75.3 Å². The summed E-state index contributed by atoms with van der Waals surface area (Å²) in [6.45, 7) is 5.03. The van der Waals surface area contributed by atoms with Crippen molar-refractivity contribution in [1.82, 2.24) is 4.90 Å². The van der Waals surface area contributed by atoms with Crippen LogP contribution in [-0.2, 0) is 13.0 Å². The molecular weight excluding hydrogens is 276 g/mol. The Morgan fingerprint density at radius 3 is 2.36 bits per heavy atom. The number of nitrogens with zero attached hydrogens (tertiary/aromatic N) is 2. The maximum absolute atomic E-state index is 10.9. The fourth-order valence-electron chi connectivity index (χ4n) is 2.46. The second kappa shape index (κ2) is 7.18. The van der Waals surface area contributed by atoms with E-state index in [0.29, 0.717) is 0 Å². The molecule has 0 aliphatic heterocycles. The van der Waals surface area contributed by atoms with Crippen LogP contribution in [0.25, 0.3) is 0 Å². The molecule has 116 valence electrons. The average Bonchev–Trinajstić information content (AvgIpc) is 2.54. The molecule has 0 saturated carbocycles. The summed E-state index contributed by atoms with van der Waals surface area (Å²) in [5.74, 6) is 0. The molecule has 0 heterocycles. The molecule has 0 spiro atoms. The largest absolute Gasteiger partial charge is 0.295 e. The predicted molar refractivity (Wildman–Crippen MR) is 88.8 cm³/mol. The Kier molecular flexibility index (Phi) is 5.28. The molecule has 0 fully saturated rings. The number of benzene rings is 2. The quantitative estimate of drug-likeness (QED) is 0.588. The van der Waals surface area contributed by atoms with Gasteiger partial charge in [-0.15, -0.1) is 0 Å². The number of nitro benzene ring substituents is 1. The number of nitro groups is 1. The molecule has 0 aliphatic rings. The maximum atomic E-state index is 10.9. The van der Waals surface area contributed by atoms with Gasteiger partial charge in [0.05, 0.1) is 4.92 Å². The Morgan fingerprint density at radius 2 is 1.77 bits per heavy atom. The zero-order valence-corrected chi connectivity index (χ0v) is 13.3. The first-order valence-electron chi connectivity index (χ1n) is 7.53. The van der Waals surface area contributed by atoms with Crippen LogP contribution in [0.2, 0.25) is 0 Å². The molecule has 4 heteroatoms. The van der Waals surface area contributed by atoms with Gasteiger partial charge in [0.15, 0.2) is 0 Å². The predicted octanol–water partition coefficient (Wildman–Crippen LogP) is 4.35. The topological polar surface area (TPSA) is 46.4 Å². The van der Waals surface area contributed by atoms with Gasteiger partial charge in [0.25, 0.3) is 5.69 Å². The fourth-order valence-corrected chi connectivity index (χ4v) is 2.46. The van der Waals surface area contributed by atoms with Crippen molar-refractivity contribution in [2.24, 2.45) is 0 Å². The molecule has 2 rings (SSSR count). The van der Waals surface area contributed by atoms with Crippen molar-refractivity contribution in [2.75, 3.05) is 7.05 Å². The summed E-state index contributed by atoms with van der Waals surface area (Å²) in [5, 5.41) is 10.9. The zero-order valence-electron chi connectivity index (χ0n) is 13.3. The zero-order chi connectivity index (χ0) is 16.1. The minimum absolute atomic E-state index is 0.116. The maximum Gasteiger partial charge on any atom is 0.269 e. The van der Waals surface area contributed by atoms with Crippen molar-refractivity contribution in [3.8, 4) is 0 Å². The van der Waals surface area contributed by atoms with Crippen LogP contribution in [0, 0.1) is 10.1 Å². The highest BCUT2D eigenvalue weighted by molar-refractivity contribution is 5.35. The third kappa shape index (κ3) is 3.92. The van der Waals surface area contributed by atoms with E-state index in [1.807, 2.05) is 13.1 Å². The van der Waals surface area contributed by atoms with E-state index >= 15 is 0 Å². The minimum Gasteiger partial charge on any atom is -0.295 e. The summed E-state index contributed by atoms with van der Waals surface area (Å²) in [4.78, 5) is 12.7. The molecule has 0 aliphatic carbocycles. The van der Waals surface area contributed by atoms with Crippen molar-refractivity contribution < 1.29 is 4.92 Å². The highest BCUT2D eigenvalue weighted by Crippen LogP contribution is 2.24. The van der Waals surface area contributed by atoms with Crippen LogP contribution in [0.15, 0.2) is 48.5 Å². The lowest BCUT2D eigenvalue weighted by Gasteiger charge is -2.25. The van der Waals surface area contributed by atoms with Gasteiger partial charge in [-0.25, -0.2) is 0 Å². The van der Waals surface area contributed by atoms with Gasteiger partial charge in [0, 0.05) is 24.7 Å². The molecule has 0 saturated heterocycles.